The van der Waals surface area contributed by atoms with E-state index in [4.69, 9.17) is 0 Å². The molecule has 3 rings (SSSR count). The van der Waals surface area contributed by atoms with Crippen molar-refractivity contribution in [3.05, 3.63) is 35.9 Å². The lowest BCUT2D eigenvalue weighted by molar-refractivity contribution is -0.133. The normalized spacial score (nSPS) is 18.6. The van der Waals surface area contributed by atoms with Crippen LogP contribution in [0, 0.1) is 11.8 Å². The van der Waals surface area contributed by atoms with E-state index in [1.165, 1.54) is 25.7 Å². The summed E-state index contributed by atoms with van der Waals surface area (Å²) in [5.74, 6) is 6.68. The van der Waals surface area contributed by atoms with Gasteiger partial charge in [0.1, 0.15) is 0 Å². The molecule has 3 heteroatoms. The molecular weight excluding hydrogens is 284 g/mol. The van der Waals surface area contributed by atoms with Crippen molar-refractivity contribution in [2.45, 2.75) is 44.6 Å². The Morgan fingerprint density at radius 1 is 1.09 bits per heavy atom. The number of nitrogens with zero attached hydrogens (tertiary/aromatic N) is 2. The highest BCUT2D eigenvalue weighted by Gasteiger charge is 2.27. The quantitative estimate of drug-likeness (QED) is 0.798. The molecule has 0 spiro atoms. The maximum absolute atomic E-state index is 12.7. The van der Waals surface area contributed by atoms with E-state index in [-0.39, 0.29) is 5.91 Å². The molecule has 2 fully saturated rings. The number of likely N-dealkylation sites (tertiary alicyclic amines) is 1. The van der Waals surface area contributed by atoms with Gasteiger partial charge in [-0.25, -0.2) is 0 Å². The van der Waals surface area contributed by atoms with Crippen molar-refractivity contribution in [2.75, 3.05) is 26.2 Å². The van der Waals surface area contributed by atoms with Gasteiger partial charge in [0.15, 0.2) is 0 Å². The molecule has 0 unspecified atom stereocenters. The molecule has 1 aliphatic heterocycles. The van der Waals surface area contributed by atoms with Gasteiger partial charge in [0.05, 0.1) is 13.1 Å². The van der Waals surface area contributed by atoms with Crippen molar-refractivity contribution in [2.24, 2.45) is 0 Å². The number of hydrogen-bond acceptors (Lipinski definition) is 2. The van der Waals surface area contributed by atoms with Crippen LogP contribution in [0.5, 0.6) is 0 Å². The number of carbonyl (C=O) groups is 1. The second-order valence-corrected chi connectivity index (χ2v) is 6.61. The lowest BCUT2D eigenvalue weighted by atomic mass is 10.2. The lowest BCUT2D eigenvalue weighted by Crippen LogP contribution is -2.44. The van der Waals surface area contributed by atoms with Crippen molar-refractivity contribution in [1.82, 2.24) is 9.80 Å². The van der Waals surface area contributed by atoms with E-state index in [2.05, 4.69) is 16.7 Å². The molecule has 1 heterocycles. The highest BCUT2D eigenvalue weighted by atomic mass is 16.2. The Hall–Kier alpha value is -1.79. The summed E-state index contributed by atoms with van der Waals surface area (Å²) in [5.41, 5.74) is 1.02. The molecule has 0 bridgehead atoms. The highest BCUT2D eigenvalue weighted by Crippen LogP contribution is 2.23. The molecule has 0 N–H and O–H groups in total. The van der Waals surface area contributed by atoms with Crippen LogP contribution in [0.25, 0.3) is 0 Å². The van der Waals surface area contributed by atoms with Crippen LogP contribution in [-0.2, 0) is 4.79 Å². The Labute approximate surface area is 139 Å². The predicted molar refractivity (Wildman–Crippen MR) is 93.0 cm³/mol. The molecule has 0 radical (unpaired) electrons. The van der Waals surface area contributed by atoms with Gasteiger partial charge in [0.25, 0.3) is 0 Å². The average Bonchev–Trinajstić information content (AvgIpc) is 3.26. The lowest BCUT2D eigenvalue weighted by Gasteiger charge is -2.29. The van der Waals surface area contributed by atoms with Crippen molar-refractivity contribution >= 4 is 5.91 Å². The van der Waals surface area contributed by atoms with Crippen molar-refractivity contribution in [3.63, 3.8) is 0 Å². The van der Waals surface area contributed by atoms with Crippen molar-refractivity contribution in [1.29, 1.82) is 0 Å². The molecule has 2 aliphatic rings. The van der Waals surface area contributed by atoms with Gasteiger partial charge < -0.3 is 4.90 Å². The van der Waals surface area contributed by atoms with Gasteiger partial charge in [-0.2, -0.15) is 0 Å². The van der Waals surface area contributed by atoms with Gasteiger partial charge >= 0.3 is 0 Å². The third-order valence-corrected chi connectivity index (χ3v) is 4.90. The Morgan fingerprint density at radius 3 is 2.48 bits per heavy atom. The van der Waals surface area contributed by atoms with Crippen molar-refractivity contribution < 1.29 is 4.79 Å². The number of rotatable bonds is 4. The smallest absolute Gasteiger partial charge is 0.237 e. The van der Waals surface area contributed by atoms with Crippen LogP contribution < -0.4 is 0 Å². The van der Waals surface area contributed by atoms with E-state index in [9.17, 15) is 4.79 Å². The second kappa shape index (κ2) is 8.17. The largest absolute Gasteiger partial charge is 0.327 e. The van der Waals surface area contributed by atoms with Crippen LogP contribution in [-0.4, -0.2) is 47.9 Å². The minimum absolute atomic E-state index is 0.265. The van der Waals surface area contributed by atoms with Crippen LogP contribution >= 0.6 is 0 Å². The van der Waals surface area contributed by atoms with Crippen LogP contribution in [0.1, 0.15) is 44.1 Å². The average molecular weight is 310 g/mol. The first-order chi connectivity index (χ1) is 11.3. The fraction of sp³-hybridized carbons (Fsp3) is 0.550. The first-order valence-corrected chi connectivity index (χ1v) is 8.89. The highest BCUT2D eigenvalue weighted by molar-refractivity contribution is 5.79. The fourth-order valence-corrected chi connectivity index (χ4v) is 3.61. The minimum Gasteiger partial charge on any atom is -0.327 e. The van der Waals surface area contributed by atoms with E-state index in [0.29, 0.717) is 19.1 Å². The monoisotopic (exact) mass is 310 g/mol. The van der Waals surface area contributed by atoms with Crippen molar-refractivity contribution in [3.8, 4) is 11.8 Å². The van der Waals surface area contributed by atoms with Gasteiger partial charge in [-0.15, -0.1) is 0 Å². The van der Waals surface area contributed by atoms with Crippen LogP contribution in [0.15, 0.2) is 30.3 Å². The molecule has 1 saturated heterocycles. The molecular formula is C20H26N2O. The molecule has 1 aromatic carbocycles. The zero-order valence-electron chi connectivity index (χ0n) is 13.8. The van der Waals surface area contributed by atoms with E-state index in [1.807, 2.05) is 35.2 Å². The Balaban J connectivity index is 1.63. The summed E-state index contributed by atoms with van der Waals surface area (Å²) in [6.45, 7) is 3.27. The zero-order valence-corrected chi connectivity index (χ0v) is 13.8. The summed E-state index contributed by atoms with van der Waals surface area (Å²) >= 11 is 0. The van der Waals surface area contributed by atoms with E-state index >= 15 is 0 Å². The number of benzene rings is 1. The zero-order chi connectivity index (χ0) is 15.9. The van der Waals surface area contributed by atoms with Crippen LogP contribution in [0.2, 0.25) is 0 Å². The number of carbonyl (C=O) groups excluding carboxylic acids is 1. The minimum atomic E-state index is 0.265. The van der Waals surface area contributed by atoms with Gasteiger partial charge in [0.2, 0.25) is 5.91 Å². The molecule has 23 heavy (non-hydrogen) atoms. The van der Waals surface area contributed by atoms with Gasteiger partial charge in [0, 0.05) is 11.6 Å². The fourth-order valence-electron chi connectivity index (χ4n) is 3.61. The third-order valence-electron chi connectivity index (χ3n) is 4.90. The molecule has 122 valence electrons. The summed E-state index contributed by atoms with van der Waals surface area (Å²) in [6, 6.07) is 10.4. The van der Waals surface area contributed by atoms with E-state index in [0.717, 1.165) is 31.5 Å². The maximum Gasteiger partial charge on any atom is 0.237 e. The standard InChI is InChI=1S/C20H26N2O/c23-20(17-21-14-6-7-15-21)22(19-12-4-5-13-19)16-8-11-18-9-2-1-3-10-18/h1-3,9-10,19H,4-7,12-17H2. The summed E-state index contributed by atoms with van der Waals surface area (Å²) in [7, 11) is 0. The Morgan fingerprint density at radius 2 is 1.78 bits per heavy atom. The van der Waals surface area contributed by atoms with Crippen LogP contribution in [0.4, 0.5) is 0 Å². The first-order valence-electron chi connectivity index (χ1n) is 8.89. The van der Waals surface area contributed by atoms with E-state index < -0.39 is 0 Å². The molecule has 0 aromatic heterocycles. The second-order valence-electron chi connectivity index (χ2n) is 6.61. The molecule has 1 aliphatic carbocycles. The first kappa shape index (κ1) is 16.1. The Kier molecular flexibility index (Phi) is 5.71. The topological polar surface area (TPSA) is 23.6 Å². The molecule has 3 nitrogen and oxygen atoms in total. The van der Waals surface area contributed by atoms with Gasteiger partial charge in [-0.1, -0.05) is 42.9 Å². The number of amides is 1. The molecule has 0 atom stereocenters. The summed E-state index contributed by atoms with van der Waals surface area (Å²) < 4.78 is 0. The molecule has 1 saturated carbocycles. The predicted octanol–water partition coefficient (Wildman–Crippen LogP) is 2.91. The summed E-state index contributed by atoms with van der Waals surface area (Å²) in [5, 5.41) is 0. The maximum atomic E-state index is 12.7. The summed E-state index contributed by atoms with van der Waals surface area (Å²) in [4.78, 5) is 17.1. The van der Waals surface area contributed by atoms with Gasteiger partial charge in [-0.05, 0) is 50.9 Å². The van der Waals surface area contributed by atoms with E-state index in [1.54, 1.807) is 0 Å². The SMILES string of the molecule is O=C(CN1CCCC1)N(CC#Cc1ccccc1)C1CCCC1. The Bertz CT molecular complexity index is 560. The summed E-state index contributed by atoms with van der Waals surface area (Å²) in [6.07, 6.45) is 7.21. The van der Waals surface area contributed by atoms with Crippen LogP contribution in [0.3, 0.4) is 0 Å². The molecule has 1 aromatic rings. The number of hydrogen-bond donors (Lipinski definition) is 0. The molecule has 1 amide bonds. The van der Waals surface area contributed by atoms with Gasteiger partial charge in [-0.3, -0.25) is 9.69 Å². The third kappa shape index (κ3) is 4.59.